The molecule has 0 radical (unpaired) electrons. The third-order valence-corrected chi connectivity index (χ3v) is 6.25. The molecule has 10 atom stereocenters. The van der Waals surface area contributed by atoms with Gasteiger partial charge in [-0.15, -0.1) is 0 Å². The van der Waals surface area contributed by atoms with Crippen molar-refractivity contribution >= 4 is 0 Å². The van der Waals surface area contributed by atoms with Crippen molar-refractivity contribution in [3.63, 3.8) is 0 Å². The van der Waals surface area contributed by atoms with Gasteiger partial charge in [0.15, 0.2) is 24.2 Å². The lowest BCUT2D eigenvalue weighted by Gasteiger charge is -2.26. The molecule has 14 heteroatoms. The molecule has 0 aromatic rings. The first-order valence-corrected chi connectivity index (χ1v) is 11.4. The maximum atomic E-state index is 9.57. The molecular formula is C20H34N6O8. The van der Waals surface area contributed by atoms with Crippen molar-refractivity contribution in [2.75, 3.05) is 6.61 Å². The van der Waals surface area contributed by atoms with Crippen LogP contribution in [-0.4, -0.2) is 83.6 Å². The van der Waals surface area contributed by atoms with Gasteiger partial charge in [0.25, 0.3) is 0 Å². The number of aliphatic hydroxyl groups is 2. The summed E-state index contributed by atoms with van der Waals surface area (Å²) in [6.45, 7) is 10.8. The largest absolute Gasteiger partial charge is 0.394 e. The van der Waals surface area contributed by atoms with E-state index in [2.05, 4.69) is 33.9 Å². The topological polar surface area (TPSA) is 193 Å². The molecule has 4 aliphatic rings. The monoisotopic (exact) mass is 486 g/mol. The lowest BCUT2D eigenvalue weighted by Crippen LogP contribution is -2.41. The highest BCUT2D eigenvalue weighted by molar-refractivity contribution is 5.00. The fourth-order valence-corrected chi connectivity index (χ4v) is 4.54. The number of azide groups is 2. The Morgan fingerprint density at radius 1 is 0.853 bits per heavy atom. The van der Waals surface area contributed by atoms with Gasteiger partial charge in [-0.1, -0.05) is 30.5 Å². The molecule has 0 aromatic heterocycles. The summed E-state index contributed by atoms with van der Waals surface area (Å²) < 4.78 is 33.7. The Morgan fingerprint density at radius 3 is 1.71 bits per heavy atom. The van der Waals surface area contributed by atoms with Crippen molar-refractivity contribution in [3.05, 3.63) is 20.9 Å². The van der Waals surface area contributed by atoms with Gasteiger partial charge < -0.3 is 38.6 Å². The third kappa shape index (κ3) is 5.58. The highest BCUT2D eigenvalue weighted by Gasteiger charge is 2.56. The number of nitrogens with zero attached hydrogens (tertiary/aromatic N) is 6. The van der Waals surface area contributed by atoms with Crippen LogP contribution >= 0.6 is 0 Å². The summed E-state index contributed by atoms with van der Waals surface area (Å²) in [5, 5.41) is 25.9. The predicted octanol–water partition coefficient (Wildman–Crippen LogP) is 2.48. The van der Waals surface area contributed by atoms with Gasteiger partial charge in [-0.3, -0.25) is 0 Å². The van der Waals surface area contributed by atoms with Crippen LogP contribution in [0.4, 0.5) is 0 Å². The zero-order chi connectivity index (χ0) is 25.3. The SMILES string of the molecule is CC1(C)O[C@H]2O[C@H]([C@H](O)CO)[C@H](N=[N+]=[N-])[C@H]2O1.CC[C@@H](C)[C@H]1O[C@@H]2OC(C)(C)O[C@@H]2[C@H]1N=[N+]=[N-]. The Hall–Kier alpha value is -1.70. The Labute approximate surface area is 197 Å². The second-order valence-corrected chi connectivity index (χ2v) is 9.66. The van der Waals surface area contributed by atoms with Crippen molar-refractivity contribution in [1.82, 2.24) is 0 Å². The van der Waals surface area contributed by atoms with Gasteiger partial charge in [0.2, 0.25) is 0 Å². The molecule has 0 bridgehead atoms. The van der Waals surface area contributed by atoms with Crippen LogP contribution in [0.1, 0.15) is 48.0 Å². The Morgan fingerprint density at radius 2 is 1.29 bits per heavy atom. The molecule has 2 N–H and O–H groups in total. The summed E-state index contributed by atoms with van der Waals surface area (Å²) in [4.78, 5) is 5.61. The predicted molar refractivity (Wildman–Crippen MR) is 116 cm³/mol. The standard InChI is InChI=1S/C11H19N3O3.C9H15N3O5/c1-5-6(2)8-7(13-14-12)9-10(15-8)17-11(3,4)16-9;1-9(2)16-7-5(11-12-10)6(4(14)3-13)15-8(7)17-9/h6-10H,5H2,1-4H3;4-8,13-14H,3H2,1-2H3/t6-,7+,8-,9-,10-;4-,5+,6-,7-,8-/m11/s1. The van der Waals surface area contributed by atoms with Crippen LogP contribution in [0, 0.1) is 5.92 Å². The van der Waals surface area contributed by atoms with Crippen molar-refractivity contribution in [3.8, 4) is 0 Å². The molecule has 0 unspecified atom stereocenters. The minimum absolute atomic E-state index is 0.123. The van der Waals surface area contributed by atoms with E-state index in [1.807, 2.05) is 13.8 Å². The van der Waals surface area contributed by atoms with E-state index in [-0.39, 0.29) is 18.2 Å². The summed E-state index contributed by atoms with van der Waals surface area (Å²) in [6, 6.07) is -1.02. The van der Waals surface area contributed by atoms with Crippen LogP contribution in [0.2, 0.25) is 0 Å². The molecular weight excluding hydrogens is 452 g/mol. The van der Waals surface area contributed by atoms with E-state index in [0.717, 1.165) is 6.42 Å². The Bertz CT molecular complexity index is 751. The fraction of sp³-hybridized carbons (Fsp3) is 1.00. The van der Waals surface area contributed by atoms with Gasteiger partial charge in [0.1, 0.15) is 24.4 Å². The van der Waals surface area contributed by atoms with Crippen LogP contribution in [0.5, 0.6) is 0 Å². The van der Waals surface area contributed by atoms with Gasteiger partial charge >= 0.3 is 0 Å². The first-order chi connectivity index (χ1) is 16.0. The van der Waals surface area contributed by atoms with Crippen LogP contribution in [-0.2, 0) is 28.4 Å². The second-order valence-electron chi connectivity index (χ2n) is 9.66. The highest BCUT2D eigenvalue weighted by atomic mass is 16.8. The number of fused-ring (bicyclic) bond motifs is 2. The average molecular weight is 487 g/mol. The molecule has 192 valence electrons. The molecule has 0 spiro atoms. The van der Waals surface area contributed by atoms with Crippen molar-refractivity contribution < 1.29 is 38.6 Å². The van der Waals surface area contributed by atoms with Crippen LogP contribution < -0.4 is 0 Å². The maximum absolute atomic E-state index is 9.57. The molecule has 0 aromatic carbocycles. The molecule has 14 nitrogen and oxygen atoms in total. The van der Waals surface area contributed by atoms with Crippen molar-refractivity contribution in [1.29, 1.82) is 0 Å². The normalized spacial score (nSPS) is 40.7. The van der Waals surface area contributed by atoms with E-state index in [1.165, 1.54) is 0 Å². The number of ether oxygens (including phenoxy) is 6. The van der Waals surface area contributed by atoms with Gasteiger partial charge in [-0.05, 0) is 44.7 Å². The summed E-state index contributed by atoms with van der Waals surface area (Å²) in [6.07, 6.45) is -3.07. The first kappa shape index (κ1) is 26.9. The number of rotatable bonds is 6. The van der Waals surface area contributed by atoms with E-state index < -0.39 is 55.1 Å². The molecule has 4 heterocycles. The highest BCUT2D eigenvalue weighted by Crippen LogP contribution is 2.41. The maximum Gasteiger partial charge on any atom is 0.188 e. The summed E-state index contributed by atoms with van der Waals surface area (Å²) in [7, 11) is 0. The van der Waals surface area contributed by atoms with Gasteiger partial charge in [-0.25, -0.2) is 0 Å². The second kappa shape index (κ2) is 10.5. The molecule has 0 aliphatic carbocycles. The molecule has 34 heavy (non-hydrogen) atoms. The van der Waals surface area contributed by atoms with Crippen LogP contribution in [0.3, 0.4) is 0 Å². The minimum atomic E-state index is -1.13. The van der Waals surface area contributed by atoms with Gasteiger partial charge in [0, 0.05) is 9.82 Å². The number of hydrogen-bond acceptors (Lipinski definition) is 10. The Balaban J connectivity index is 0.000000191. The van der Waals surface area contributed by atoms with E-state index in [1.54, 1.807) is 13.8 Å². The van der Waals surface area contributed by atoms with Crippen molar-refractivity contribution in [2.45, 2.75) is 115 Å². The zero-order valence-corrected chi connectivity index (χ0v) is 20.2. The van der Waals surface area contributed by atoms with E-state index >= 15 is 0 Å². The molecule has 4 rings (SSSR count). The quantitative estimate of drug-likeness (QED) is 0.324. The zero-order valence-electron chi connectivity index (χ0n) is 20.2. The van der Waals surface area contributed by atoms with E-state index in [4.69, 9.17) is 44.6 Å². The lowest BCUT2D eigenvalue weighted by molar-refractivity contribution is -0.217. The molecule has 4 aliphatic heterocycles. The smallest absolute Gasteiger partial charge is 0.188 e. The van der Waals surface area contributed by atoms with E-state index in [0.29, 0.717) is 5.92 Å². The summed E-state index contributed by atoms with van der Waals surface area (Å²) >= 11 is 0. The van der Waals surface area contributed by atoms with Crippen LogP contribution in [0.25, 0.3) is 20.9 Å². The van der Waals surface area contributed by atoms with Gasteiger partial charge in [-0.2, -0.15) is 0 Å². The summed E-state index contributed by atoms with van der Waals surface area (Å²) in [5.41, 5.74) is 17.2. The number of aliphatic hydroxyl groups excluding tert-OH is 2. The molecule has 4 saturated heterocycles. The Kier molecular flexibility index (Phi) is 8.31. The van der Waals surface area contributed by atoms with Crippen LogP contribution in [0.15, 0.2) is 10.2 Å². The lowest BCUT2D eigenvalue weighted by atomic mass is 9.95. The third-order valence-electron chi connectivity index (χ3n) is 6.25. The van der Waals surface area contributed by atoms with Crippen molar-refractivity contribution in [2.24, 2.45) is 16.1 Å². The summed E-state index contributed by atoms with van der Waals surface area (Å²) in [5.74, 6) is -1.17. The minimum Gasteiger partial charge on any atom is -0.394 e. The van der Waals surface area contributed by atoms with E-state index in [9.17, 15) is 5.11 Å². The molecule has 0 saturated carbocycles. The molecule has 0 amide bonds. The first-order valence-electron chi connectivity index (χ1n) is 11.4. The number of hydrogen-bond donors (Lipinski definition) is 2. The molecule has 4 fully saturated rings. The van der Waals surface area contributed by atoms with Gasteiger partial charge in [0.05, 0.1) is 24.8 Å². The average Bonchev–Trinajstić information content (AvgIpc) is 3.44. The fourth-order valence-electron chi connectivity index (χ4n) is 4.54.